The van der Waals surface area contributed by atoms with E-state index in [-0.39, 0.29) is 30.2 Å². The Morgan fingerprint density at radius 3 is 1.14 bits per heavy atom. The standard InChI is InChI=1S/2C26H31.C2H6Si.2ClH.Zr/c2*1-2-26(16-9-4-3-5-10-17-26)20-21-18-23-14-11-15-24(25(23)19-21)22-12-7-6-8-13-22;1-3-2;;;/h2*6-8,11-15,18-19H,2-5,9-10,16-17,20H2,1H3;1-2H3;2*1H;/q2*-1;;;;+2/p-2. The zero-order valence-electron chi connectivity index (χ0n) is 36.0. The van der Waals surface area contributed by atoms with Gasteiger partial charge in [-0.2, -0.15) is 12.1 Å². The van der Waals surface area contributed by atoms with Crippen molar-refractivity contribution in [3.8, 4) is 22.3 Å². The Morgan fingerprint density at radius 2 is 0.810 bits per heavy atom. The molecule has 308 valence electrons. The van der Waals surface area contributed by atoms with Crippen LogP contribution >= 0.6 is 0 Å². The first-order valence-corrected chi connectivity index (χ1v) is 28.5. The normalized spacial score (nSPS) is 16.4. The third-order valence-electron chi connectivity index (χ3n) is 13.3. The molecule has 2 saturated carbocycles. The molecule has 0 unspecified atom stereocenters. The van der Waals surface area contributed by atoms with E-state index in [2.05, 4.69) is 148 Å². The summed E-state index contributed by atoms with van der Waals surface area (Å²) in [5, 5.41) is 5.65. The van der Waals surface area contributed by atoms with Gasteiger partial charge in [0.1, 0.15) is 0 Å². The molecule has 0 aromatic heterocycles. The van der Waals surface area contributed by atoms with Gasteiger partial charge in [0, 0.05) is 0 Å². The molecule has 0 saturated heterocycles. The van der Waals surface area contributed by atoms with Crippen LogP contribution in [0.2, 0.25) is 13.1 Å². The van der Waals surface area contributed by atoms with E-state index in [1.54, 1.807) is 34.5 Å². The van der Waals surface area contributed by atoms with Gasteiger partial charge in [-0.3, -0.25) is 0 Å². The third kappa shape index (κ3) is 13.4. The van der Waals surface area contributed by atoms with Crippen molar-refractivity contribution in [3.05, 3.63) is 132 Å². The summed E-state index contributed by atoms with van der Waals surface area (Å²) < 4.78 is 0. The van der Waals surface area contributed by atoms with E-state index in [4.69, 9.17) is 0 Å². The van der Waals surface area contributed by atoms with Crippen LogP contribution in [0.15, 0.2) is 121 Å². The van der Waals surface area contributed by atoms with Gasteiger partial charge in [-0.1, -0.05) is 175 Å². The molecular weight excluding hydrogens is 839 g/mol. The molecule has 4 heteroatoms. The van der Waals surface area contributed by atoms with Gasteiger partial charge in [-0.05, 0) is 60.5 Å². The van der Waals surface area contributed by atoms with Crippen molar-refractivity contribution in [2.75, 3.05) is 0 Å². The Kier molecular flexibility index (Phi) is 20.3. The van der Waals surface area contributed by atoms with Crippen LogP contribution in [0.5, 0.6) is 0 Å². The zero-order valence-corrected chi connectivity index (χ0v) is 41.0. The van der Waals surface area contributed by atoms with Crippen molar-refractivity contribution in [2.45, 2.75) is 143 Å². The maximum atomic E-state index is 2.48. The average Bonchev–Trinajstić information content (AvgIpc) is 3.81. The van der Waals surface area contributed by atoms with E-state index >= 15 is 0 Å². The Hall–Kier alpha value is -2.22. The van der Waals surface area contributed by atoms with Crippen LogP contribution in [0.4, 0.5) is 0 Å². The van der Waals surface area contributed by atoms with E-state index in [0.717, 1.165) is 0 Å². The van der Waals surface area contributed by atoms with Crippen LogP contribution < -0.4 is 24.8 Å². The molecule has 2 aliphatic carbocycles. The first-order valence-electron chi connectivity index (χ1n) is 22.3. The minimum Gasteiger partial charge on any atom is -1.00 e. The number of halogens is 2. The molecular formula is C54H68Cl2SiZr-2. The van der Waals surface area contributed by atoms with Crippen LogP contribution in [-0.2, 0) is 36.2 Å². The Labute approximate surface area is 380 Å². The summed E-state index contributed by atoms with van der Waals surface area (Å²) in [7, 11) is 0. The molecule has 2 fully saturated rings. The number of hydrogen-bond donors (Lipinski definition) is 0. The summed E-state index contributed by atoms with van der Waals surface area (Å²) in [5.41, 5.74) is 9.75. The first kappa shape index (κ1) is 48.4. The summed E-state index contributed by atoms with van der Waals surface area (Å²) in [6.45, 7) is 9.45. The number of fused-ring (bicyclic) bond motifs is 2. The molecule has 0 aliphatic heterocycles. The Bertz CT molecular complexity index is 1930. The van der Waals surface area contributed by atoms with E-state index in [9.17, 15) is 0 Å². The van der Waals surface area contributed by atoms with Crippen LogP contribution in [0.25, 0.3) is 43.8 Å². The number of rotatable bonds is 8. The van der Waals surface area contributed by atoms with Gasteiger partial charge in [0.2, 0.25) is 0 Å². The van der Waals surface area contributed by atoms with Crippen LogP contribution in [-0.4, -0.2) is 5.43 Å². The van der Waals surface area contributed by atoms with E-state index in [1.807, 2.05) is 0 Å². The topological polar surface area (TPSA) is 0 Å². The first-order chi connectivity index (χ1) is 27.3. The average molecular weight is 907 g/mol. The van der Waals surface area contributed by atoms with Gasteiger partial charge in [-0.25, -0.2) is 0 Å². The van der Waals surface area contributed by atoms with E-state index in [1.165, 1.54) is 159 Å². The molecule has 8 rings (SSSR count). The smallest absolute Gasteiger partial charge is 1.00 e. The fourth-order valence-corrected chi connectivity index (χ4v) is 10.0. The maximum absolute atomic E-state index is 2.48. The largest absolute Gasteiger partial charge is 1.00 e. The minimum absolute atomic E-state index is 0. The molecule has 0 atom stereocenters. The predicted molar refractivity (Wildman–Crippen MR) is 245 cm³/mol. The van der Waals surface area contributed by atoms with Gasteiger partial charge in [0.25, 0.3) is 0 Å². The molecule has 0 radical (unpaired) electrons. The van der Waals surface area contributed by atoms with Crippen molar-refractivity contribution in [1.82, 2.24) is 0 Å². The molecule has 2 aliphatic rings. The van der Waals surface area contributed by atoms with Gasteiger partial charge in [-0.15, -0.1) is 69.1 Å². The van der Waals surface area contributed by atoms with Gasteiger partial charge in [0.15, 0.2) is 0 Å². The number of benzene rings is 4. The molecule has 0 bridgehead atoms. The third-order valence-corrected chi connectivity index (χ3v) is 13.3. The van der Waals surface area contributed by atoms with Crippen molar-refractivity contribution >= 4 is 27.0 Å². The molecule has 0 N–H and O–H groups in total. The summed E-state index contributed by atoms with van der Waals surface area (Å²) in [4.78, 5) is 0. The molecule has 6 aromatic carbocycles. The van der Waals surface area contributed by atoms with Crippen molar-refractivity contribution in [2.24, 2.45) is 10.8 Å². The van der Waals surface area contributed by atoms with Gasteiger partial charge in [0.05, 0.1) is 0 Å². The predicted octanol–water partition coefficient (Wildman–Crippen LogP) is 10.6. The second kappa shape index (κ2) is 24.3. The van der Waals surface area contributed by atoms with Crippen LogP contribution in [0.3, 0.4) is 0 Å². The van der Waals surface area contributed by atoms with Crippen molar-refractivity contribution < 1.29 is 48.1 Å². The molecule has 0 spiro atoms. The van der Waals surface area contributed by atoms with Crippen LogP contribution in [0.1, 0.15) is 128 Å². The summed E-state index contributed by atoms with van der Waals surface area (Å²) in [5.74, 6) is 0. The van der Waals surface area contributed by atoms with E-state index < -0.39 is 0 Å². The maximum Gasteiger partial charge on any atom is -1.00 e. The van der Waals surface area contributed by atoms with Crippen molar-refractivity contribution in [1.29, 1.82) is 0 Å². The Morgan fingerprint density at radius 1 is 0.483 bits per heavy atom. The number of hydrogen-bond acceptors (Lipinski definition) is 0. The summed E-state index contributed by atoms with van der Waals surface area (Å²) in [6, 6.07) is 45.0. The summed E-state index contributed by atoms with van der Waals surface area (Å²) >= 11 is 1.74. The molecule has 0 amide bonds. The van der Waals surface area contributed by atoms with E-state index in [0.29, 0.717) is 10.8 Å². The van der Waals surface area contributed by atoms with Crippen molar-refractivity contribution in [3.63, 3.8) is 0 Å². The second-order valence-electron chi connectivity index (χ2n) is 17.7. The fraction of sp³-hybridized carbons (Fsp3) is 0.444. The second-order valence-corrected chi connectivity index (χ2v) is 27.0. The molecule has 6 aromatic rings. The SMILES string of the molecule is CCC1(Cc2cc3c(-c4ccccc4)cccc3[cH-]2)CCCCCCC1.CCC1(Cc2cc3c(-c4ccccc4)cccc3[cH-]2)CCCCCCC1.C[Si](C)=[Zr+2].[Cl-].[Cl-]. The minimum atomic E-state index is 0. The molecule has 58 heavy (non-hydrogen) atoms. The summed E-state index contributed by atoms with van der Waals surface area (Å²) in [6.07, 6.45) is 25.1. The van der Waals surface area contributed by atoms with Gasteiger partial charge >= 0.3 is 41.9 Å². The Balaban J connectivity index is 0.000000228. The molecule has 0 heterocycles. The fourth-order valence-electron chi connectivity index (χ4n) is 10.0. The van der Waals surface area contributed by atoms with Gasteiger partial charge < -0.3 is 24.8 Å². The quantitative estimate of drug-likeness (QED) is 0.105. The monoisotopic (exact) mass is 904 g/mol. The molecule has 0 nitrogen and oxygen atoms in total. The zero-order chi connectivity index (χ0) is 39.2. The van der Waals surface area contributed by atoms with Crippen LogP contribution in [0, 0.1) is 10.8 Å².